The summed E-state index contributed by atoms with van der Waals surface area (Å²) in [6, 6.07) is 0.732. The topological polar surface area (TPSA) is 45.8 Å². The molecule has 0 saturated heterocycles. The van der Waals surface area contributed by atoms with Crippen molar-refractivity contribution < 1.29 is 22.0 Å². The molecule has 0 atom stereocenters. The second kappa shape index (κ2) is 3.03. The molecule has 14 heavy (non-hydrogen) atoms. The van der Waals surface area contributed by atoms with Crippen LogP contribution in [0.4, 0.5) is 22.0 Å². The van der Waals surface area contributed by atoms with Gasteiger partial charge in [-0.3, -0.25) is 4.79 Å². The number of hydrogen-bond donors (Lipinski definition) is 1. The third-order valence-electron chi connectivity index (χ3n) is 1.32. The molecule has 0 fully saturated rings. The SMILES string of the molecule is O=c1ccnc(C(F)(F)C(F)(F)F)[nH]1. The average molecular weight is 214 g/mol. The molecule has 1 N–H and O–H groups in total. The van der Waals surface area contributed by atoms with Gasteiger partial charge in [0, 0.05) is 12.3 Å². The predicted molar refractivity (Wildman–Crippen MR) is 34.8 cm³/mol. The van der Waals surface area contributed by atoms with Gasteiger partial charge in [-0.05, 0) is 0 Å². The fourth-order valence-electron chi connectivity index (χ4n) is 0.664. The van der Waals surface area contributed by atoms with E-state index in [1.807, 2.05) is 0 Å². The molecule has 0 spiro atoms. The second-order valence-corrected chi connectivity index (χ2v) is 2.35. The van der Waals surface area contributed by atoms with Crippen LogP contribution in [0.15, 0.2) is 17.1 Å². The van der Waals surface area contributed by atoms with Gasteiger partial charge in [0.2, 0.25) is 0 Å². The van der Waals surface area contributed by atoms with Gasteiger partial charge in [0.15, 0.2) is 5.82 Å². The smallest absolute Gasteiger partial charge is 0.305 e. The van der Waals surface area contributed by atoms with E-state index in [1.54, 1.807) is 0 Å². The maximum Gasteiger partial charge on any atom is 0.461 e. The molecule has 0 aliphatic carbocycles. The van der Waals surface area contributed by atoms with Crippen molar-refractivity contribution in [2.24, 2.45) is 0 Å². The maximum absolute atomic E-state index is 12.5. The summed E-state index contributed by atoms with van der Waals surface area (Å²) in [4.78, 5) is 14.5. The summed E-state index contributed by atoms with van der Waals surface area (Å²) in [5.74, 6) is -6.86. The first-order valence-electron chi connectivity index (χ1n) is 3.25. The minimum atomic E-state index is -5.77. The van der Waals surface area contributed by atoms with Crippen molar-refractivity contribution in [1.82, 2.24) is 9.97 Å². The van der Waals surface area contributed by atoms with E-state index in [0.29, 0.717) is 6.20 Å². The zero-order valence-corrected chi connectivity index (χ0v) is 6.40. The van der Waals surface area contributed by atoms with Gasteiger partial charge in [0.1, 0.15) is 0 Å². The van der Waals surface area contributed by atoms with E-state index < -0.39 is 23.5 Å². The normalized spacial score (nSPS) is 12.9. The van der Waals surface area contributed by atoms with Crippen molar-refractivity contribution in [2.75, 3.05) is 0 Å². The van der Waals surface area contributed by atoms with Crippen LogP contribution < -0.4 is 5.56 Å². The highest BCUT2D eigenvalue weighted by Crippen LogP contribution is 2.41. The molecule has 0 bridgehead atoms. The quantitative estimate of drug-likeness (QED) is 0.718. The number of nitrogens with one attached hydrogen (secondary N) is 1. The Morgan fingerprint density at radius 2 is 1.79 bits per heavy atom. The van der Waals surface area contributed by atoms with Crippen LogP contribution in [0.25, 0.3) is 0 Å². The average Bonchev–Trinajstić information content (AvgIpc) is 2.02. The predicted octanol–water partition coefficient (Wildman–Crippen LogP) is 1.42. The Labute approximate surface area is 73.6 Å². The lowest BCUT2D eigenvalue weighted by atomic mass is 10.3. The van der Waals surface area contributed by atoms with Crippen LogP contribution in [-0.4, -0.2) is 16.1 Å². The Hall–Kier alpha value is -1.47. The number of halogens is 5. The van der Waals surface area contributed by atoms with Gasteiger partial charge >= 0.3 is 12.1 Å². The first-order valence-corrected chi connectivity index (χ1v) is 3.25. The highest BCUT2D eigenvalue weighted by Gasteiger charge is 2.60. The number of H-pyrrole nitrogens is 1. The molecule has 8 heteroatoms. The van der Waals surface area contributed by atoms with Gasteiger partial charge in [-0.1, -0.05) is 0 Å². The van der Waals surface area contributed by atoms with E-state index in [4.69, 9.17) is 0 Å². The van der Waals surface area contributed by atoms with Crippen LogP contribution >= 0.6 is 0 Å². The molecule has 0 saturated carbocycles. The Morgan fingerprint density at radius 3 is 2.21 bits per heavy atom. The van der Waals surface area contributed by atoms with Crippen LogP contribution in [0.3, 0.4) is 0 Å². The lowest BCUT2D eigenvalue weighted by molar-refractivity contribution is -0.292. The van der Waals surface area contributed by atoms with E-state index in [0.717, 1.165) is 6.07 Å². The van der Waals surface area contributed by atoms with Crippen LogP contribution in [0.2, 0.25) is 0 Å². The number of alkyl halides is 5. The number of aromatic nitrogens is 2. The van der Waals surface area contributed by atoms with Crippen molar-refractivity contribution in [3.8, 4) is 0 Å². The minimum Gasteiger partial charge on any atom is -0.305 e. The molecular weight excluding hydrogens is 211 g/mol. The molecule has 3 nitrogen and oxygen atoms in total. The van der Waals surface area contributed by atoms with Gasteiger partial charge in [-0.2, -0.15) is 22.0 Å². The molecule has 0 radical (unpaired) electrons. The summed E-state index contributed by atoms with van der Waals surface area (Å²) in [6.45, 7) is 0. The summed E-state index contributed by atoms with van der Waals surface area (Å²) < 4.78 is 60.2. The molecule has 1 rings (SSSR count). The zero-order valence-electron chi connectivity index (χ0n) is 6.40. The van der Waals surface area contributed by atoms with Gasteiger partial charge in [0.25, 0.3) is 5.56 Å². The largest absolute Gasteiger partial charge is 0.461 e. The molecule has 1 aromatic heterocycles. The Balaban J connectivity index is 3.23. The molecule has 0 aliphatic rings. The van der Waals surface area contributed by atoms with Gasteiger partial charge in [-0.25, -0.2) is 4.98 Å². The third kappa shape index (κ3) is 1.73. The van der Waals surface area contributed by atoms with E-state index in [9.17, 15) is 26.7 Å². The Morgan fingerprint density at radius 1 is 1.21 bits per heavy atom. The number of rotatable bonds is 1. The lowest BCUT2D eigenvalue weighted by Gasteiger charge is -2.17. The van der Waals surface area contributed by atoms with E-state index in [1.165, 1.54) is 4.98 Å². The van der Waals surface area contributed by atoms with Crippen LogP contribution in [0.5, 0.6) is 0 Å². The summed E-state index contributed by atoms with van der Waals surface area (Å²) in [7, 11) is 0. The summed E-state index contributed by atoms with van der Waals surface area (Å²) in [5.41, 5.74) is -1.07. The lowest BCUT2D eigenvalue weighted by Crippen LogP contribution is -2.36. The highest BCUT2D eigenvalue weighted by atomic mass is 19.4. The molecule has 78 valence electrons. The van der Waals surface area contributed by atoms with Crippen molar-refractivity contribution in [3.05, 3.63) is 28.4 Å². The molecule has 0 aromatic carbocycles. The van der Waals surface area contributed by atoms with Crippen molar-refractivity contribution in [1.29, 1.82) is 0 Å². The Kier molecular flexibility index (Phi) is 2.30. The minimum absolute atomic E-state index is 0.577. The standard InChI is InChI=1S/C6H3F5N2O/c7-5(8,6(9,10)11)4-12-2-1-3(14)13-4/h1-2H,(H,12,13,14). The monoisotopic (exact) mass is 214 g/mol. The molecule has 1 aromatic rings. The molecule has 0 aliphatic heterocycles. The van der Waals surface area contributed by atoms with Crippen LogP contribution in [-0.2, 0) is 5.92 Å². The fraction of sp³-hybridized carbons (Fsp3) is 0.333. The highest BCUT2D eigenvalue weighted by molar-refractivity contribution is 5.00. The van der Waals surface area contributed by atoms with Crippen molar-refractivity contribution in [3.63, 3.8) is 0 Å². The Bertz CT molecular complexity index is 382. The first-order chi connectivity index (χ1) is 6.25. The van der Waals surface area contributed by atoms with Gasteiger partial charge in [0.05, 0.1) is 0 Å². The molecule has 1 heterocycles. The third-order valence-corrected chi connectivity index (χ3v) is 1.32. The summed E-state index contributed by atoms with van der Waals surface area (Å²) >= 11 is 0. The van der Waals surface area contributed by atoms with Crippen molar-refractivity contribution in [2.45, 2.75) is 12.1 Å². The van der Waals surface area contributed by atoms with E-state index in [2.05, 4.69) is 4.98 Å². The van der Waals surface area contributed by atoms with E-state index in [-0.39, 0.29) is 0 Å². The van der Waals surface area contributed by atoms with Crippen molar-refractivity contribution >= 4 is 0 Å². The second-order valence-electron chi connectivity index (χ2n) is 2.35. The molecule has 0 unspecified atom stereocenters. The summed E-state index contributed by atoms with van der Waals surface area (Å²) in [5, 5.41) is 0. The van der Waals surface area contributed by atoms with E-state index >= 15 is 0 Å². The maximum atomic E-state index is 12.5. The van der Waals surface area contributed by atoms with Crippen LogP contribution in [0, 0.1) is 0 Å². The number of aromatic amines is 1. The van der Waals surface area contributed by atoms with Gasteiger partial charge < -0.3 is 4.98 Å². The molecule has 0 amide bonds. The van der Waals surface area contributed by atoms with Gasteiger partial charge in [-0.15, -0.1) is 0 Å². The summed E-state index contributed by atoms with van der Waals surface area (Å²) in [6.07, 6.45) is -5.20. The fourth-order valence-corrected chi connectivity index (χ4v) is 0.664. The number of hydrogen-bond acceptors (Lipinski definition) is 2. The first kappa shape index (κ1) is 10.6. The molecular formula is C6H3F5N2O. The number of nitrogens with zero attached hydrogens (tertiary/aromatic N) is 1. The van der Waals surface area contributed by atoms with Crippen LogP contribution in [0.1, 0.15) is 5.82 Å². The zero-order chi connectivity index (χ0) is 11.0.